The lowest BCUT2D eigenvalue weighted by molar-refractivity contribution is 0.0726. The highest BCUT2D eigenvalue weighted by atomic mass is 35.5. The molecule has 0 aliphatic heterocycles. The molecule has 0 saturated heterocycles. The molecule has 0 bridgehead atoms. The Bertz CT molecular complexity index is 518. The van der Waals surface area contributed by atoms with E-state index in [1.807, 2.05) is 6.07 Å². The second-order valence-corrected chi connectivity index (χ2v) is 8.05. The van der Waals surface area contributed by atoms with Crippen molar-refractivity contribution in [1.29, 1.82) is 0 Å². The van der Waals surface area contributed by atoms with Gasteiger partial charge in [0.05, 0.1) is 5.02 Å². The van der Waals surface area contributed by atoms with Crippen LogP contribution in [0.25, 0.3) is 0 Å². The summed E-state index contributed by atoms with van der Waals surface area (Å²) in [5.74, 6) is 2.30. The van der Waals surface area contributed by atoms with E-state index in [1.54, 1.807) is 6.07 Å². The van der Waals surface area contributed by atoms with E-state index < -0.39 is 0 Å². The van der Waals surface area contributed by atoms with E-state index >= 15 is 0 Å². The van der Waals surface area contributed by atoms with Gasteiger partial charge < -0.3 is 5.11 Å². The van der Waals surface area contributed by atoms with Crippen molar-refractivity contribution in [3.05, 3.63) is 27.7 Å². The van der Waals surface area contributed by atoms with Crippen LogP contribution in [0.4, 0.5) is 0 Å². The van der Waals surface area contributed by atoms with Crippen molar-refractivity contribution in [1.82, 2.24) is 4.90 Å². The molecule has 1 N–H and O–H groups in total. The molecule has 0 heterocycles. The van der Waals surface area contributed by atoms with E-state index in [9.17, 15) is 5.11 Å². The predicted molar refractivity (Wildman–Crippen MR) is 94.7 cm³/mol. The number of aromatic hydroxyl groups is 1. The Balaban J connectivity index is 2.17. The van der Waals surface area contributed by atoms with Crippen LogP contribution in [0.15, 0.2) is 12.1 Å². The highest BCUT2D eigenvalue weighted by molar-refractivity contribution is 6.35. The molecular formula is C18H27Cl2NO. The molecule has 1 fully saturated rings. The van der Waals surface area contributed by atoms with Gasteiger partial charge in [0.25, 0.3) is 0 Å². The summed E-state index contributed by atoms with van der Waals surface area (Å²) in [5, 5.41) is 11.1. The van der Waals surface area contributed by atoms with Gasteiger partial charge in [-0.05, 0) is 49.8 Å². The molecule has 3 atom stereocenters. The molecule has 22 heavy (non-hydrogen) atoms. The molecule has 1 aromatic carbocycles. The van der Waals surface area contributed by atoms with Gasteiger partial charge in [-0.15, -0.1) is 0 Å². The van der Waals surface area contributed by atoms with Crippen molar-refractivity contribution in [3.8, 4) is 5.75 Å². The molecule has 4 heteroatoms. The Kier molecular flexibility index (Phi) is 6.04. The second-order valence-electron chi connectivity index (χ2n) is 7.20. The lowest BCUT2D eigenvalue weighted by Crippen LogP contribution is -2.43. The molecule has 3 unspecified atom stereocenters. The molecule has 0 radical (unpaired) electrons. The van der Waals surface area contributed by atoms with Gasteiger partial charge in [-0.2, -0.15) is 0 Å². The normalized spacial score (nSPS) is 25.9. The number of phenols is 1. The first-order valence-corrected chi connectivity index (χ1v) is 8.92. The van der Waals surface area contributed by atoms with E-state index in [0.29, 0.717) is 34.5 Å². The standard InChI is InChI=1S/C18H27Cl2NO/c1-11(2)15-6-5-12(3)7-17(15)21(4)10-13-8-14(19)9-16(20)18(13)22/h8-9,11-12,15,17,22H,5-7,10H2,1-4H3. The van der Waals surface area contributed by atoms with Crippen LogP contribution in [0.5, 0.6) is 5.75 Å². The topological polar surface area (TPSA) is 23.5 Å². The zero-order chi connectivity index (χ0) is 16.4. The minimum absolute atomic E-state index is 0.155. The Hall–Kier alpha value is -0.440. The average Bonchev–Trinajstić information content (AvgIpc) is 2.43. The minimum Gasteiger partial charge on any atom is -0.506 e. The quantitative estimate of drug-likeness (QED) is 0.769. The van der Waals surface area contributed by atoms with Crippen molar-refractivity contribution in [3.63, 3.8) is 0 Å². The molecule has 2 nitrogen and oxygen atoms in total. The van der Waals surface area contributed by atoms with Gasteiger partial charge in [0, 0.05) is 23.2 Å². The fraction of sp³-hybridized carbons (Fsp3) is 0.667. The lowest BCUT2D eigenvalue weighted by Gasteiger charge is -2.42. The van der Waals surface area contributed by atoms with E-state index in [4.69, 9.17) is 23.2 Å². The minimum atomic E-state index is 0.155. The van der Waals surface area contributed by atoms with Crippen molar-refractivity contribution in [2.75, 3.05) is 7.05 Å². The maximum atomic E-state index is 10.2. The molecule has 1 aliphatic rings. The fourth-order valence-electron chi connectivity index (χ4n) is 3.78. The van der Waals surface area contributed by atoms with Crippen LogP contribution < -0.4 is 0 Å². The number of hydrogen-bond donors (Lipinski definition) is 1. The van der Waals surface area contributed by atoms with E-state index in [1.165, 1.54) is 19.3 Å². The zero-order valence-electron chi connectivity index (χ0n) is 13.9. The Morgan fingerprint density at radius 3 is 2.59 bits per heavy atom. The molecule has 124 valence electrons. The largest absolute Gasteiger partial charge is 0.506 e. The van der Waals surface area contributed by atoms with Crippen molar-refractivity contribution in [2.24, 2.45) is 17.8 Å². The summed E-state index contributed by atoms with van der Waals surface area (Å²) in [7, 11) is 2.15. The van der Waals surface area contributed by atoms with Crippen LogP contribution in [-0.2, 0) is 6.54 Å². The zero-order valence-corrected chi connectivity index (χ0v) is 15.5. The van der Waals surface area contributed by atoms with E-state index in [-0.39, 0.29) is 5.75 Å². The van der Waals surface area contributed by atoms with Crippen LogP contribution in [0.3, 0.4) is 0 Å². The van der Waals surface area contributed by atoms with Gasteiger partial charge in [0.1, 0.15) is 5.75 Å². The number of nitrogens with zero attached hydrogens (tertiary/aromatic N) is 1. The number of rotatable bonds is 4. The molecule has 0 spiro atoms. The summed E-state index contributed by atoms with van der Waals surface area (Å²) < 4.78 is 0. The van der Waals surface area contributed by atoms with Gasteiger partial charge in [-0.1, -0.05) is 50.4 Å². The summed E-state index contributed by atoms with van der Waals surface area (Å²) >= 11 is 12.1. The van der Waals surface area contributed by atoms with E-state index in [2.05, 4.69) is 32.7 Å². The predicted octanol–water partition coefficient (Wildman–Crippen LogP) is 5.59. The number of hydrogen-bond acceptors (Lipinski definition) is 2. The number of benzene rings is 1. The van der Waals surface area contributed by atoms with Crippen LogP contribution in [0.2, 0.25) is 10.0 Å². The lowest BCUT2D eigenvalue weighted by atomic mass is 9.73. The fourth-order valence-corrected chi connectivity index (χ4v) is 4.32. The van der Waals surface area contributed by atoms with Crippen LogP contribution in [-0.4, -0.2) is 23.1 Å². The first-order valence-electron chi connectivity index (χ1n) is 8.16. The van der Waals surface area contributed by atoms with Gasteiger partial charge in [-0.25, -0.2) is 0 Å². The molecular weight excluding hydrogens is 317 g/mol. The third-order valence-electron chi connectivity index (χ3n) is 5.08. The maximum absolute atomic E-state index is 10.2. The number of halogens is 2. The van der Waals surface area contributed by atoms with Crippen LogP contribution >= 0.6 is 23.2 Å². The third kappa shape index (κ3) is 4.10. The van der Waals surface area contributed by atoms with Gasteiger partial charge in [0.15, 0.2) is 0 Å². The Morgan fingerprint density at radius 2 is 1.95 bits per heavy atom. The SMILES string of the molecule is CC1CCC(C(C)C)C(N(C)Cc2cc(Cl)cc(Cl)c2O)C1. The first kappa shape index (κ1) is 17.9. The maximum Gasteiger partial charge on any atom is 0.138 e. The van der Waals surface area contributed by atoms with Crippen molar-refractivity contribution >= 4 is 23.2 Å². The summed E-state index contributed by atoms with van der Waals surface area (Å²) in [6, 6.07) is 3.94. The molecule has 2 rings (SSSR count). The van der Waals surface area contributed by atoms with Crippen molar-refractivity contribution < 1.29 is 5.11 Å². The molecule has 1 saturated carbocycles. The van der Waals surface area contributed by atoms with Gasteiger partial charge in [0.2, 0.25) is 0 Å². The Morgan fingerprint density at radius 1 is 1.27 bits per heavy atom. The molecule has 1 aromatic rings. The molecule has 0 amide bonds. The molecule has 1 aliphatic carbocycles. The molecule has 0 aromatic heterocycles. The van der Waals surface area contributed by atoms with Crippen molar-refractivity contribution in [2.45, 2.75) is 52.6 Å². The highest BCUT2D eigenvalue weighted by Gasteiger charge is 2.33. The van der Waals surface area contributed by atoms with Gasteiger partial charge >= 0.3 is 0 Å². The van der Waals surface area contributed by atoms with E-state index in [0.717, 1.165) is 11.5 Å². The third-order valence-corrected chi connectivity index (χ3v) is 5.59. The second kappa shape index (κ2) is 7.42. The summed E-state index contributed by atoms with van der Waals surface area (Å²) in [4.78, 5) is 2.36. The summed E-state index contributed by atoms with van der Waals surface area (Å²) in [6.45, 7) is 7.64. The van der Waals surface area contributed by atoms with Gasteiger partial charge in [-0.3, -0.25) is 4.90 Å². The number of phenolic OH excluding ortho intramolecular Hbond substituents is 1. The van der Waals surface area contributed by atoms with Crippen LogP contribution in [0.1, 0.15) is 45.6 Å². The monoisotopic (exact) mass is 343 g/mol. The highest BCUT2D eigenvalue weighted by Crippen LogP contribution is 2.38. The first-order chi connectivity index (χ1) is 10.3. The average molecular weight is 344 g/mol. The smallest absolute Gasteiger partial charge is 0.138 e. The Labute approximate surface area is 144 Å². The van der Waals surface area contributed by atoms with Crippen LogP contribution in [0, 0.1) is 17.8 Å². The summed E-state index contributed by atoms with van der Waals surface area (Å²) in [6.07, 6.45) is 3.83. The summed E-state index contributed by atoms with van der Waals surface area (Å²) in [5.41, 5.74) is 0.806.